The number of carbonyl (C=O) groups excluding carboxylic acids is 2. The summed E-state index contributed by atoms with van der Waals surface area (Å²) in [6, 6.07) is 3.42. The fraction of sp³-hybridized carbons (Fsp3) is 0.412. The number of rotatable bonds is 5. The van der Waals surface area contributed by atoms with Crippen molar-refractivity contribution in [2.24, 2.45) is 5.92 Å². The third-order valence-electron chi connectivity index (χ3n) is 3.52. The number of pyridine rings is 1. The molecule has 0 aromatic carbocycles. The highest BCUT2D eigenvalue weighted by Crippen LogP contribution is 2.17. The Balaban J connectivity index is 0.000000445. The lowest BCUT2D eigenvalue weighted by Gasteiger charge is -2.17. The molecular formula is C17H20F3N3O4. The number of allylic oxidation sites excluding steroid dienone is 2. The molecule has 2 rings (SSSR count). The van der Waals surface area contributed by atoms with Crippen LogP contribution in [-0.4, -0.2) is 47.1 Å². The van der Waals surface area contributed by atoms with Gasteiger partial charge in [0.05, 0.1) is 5.56 Å². The molecule has 1 aromatic heterocycles. The zero-order valence-corrected chi connectivity index (χ0v) is 14.3. The highest BCUT2D eigenvalue weighted by Gasteiger charge is 2.38. The van der Waals surface area contributed by atoms with Gasteiger partial charge < -0.3 is 15.7 Å². The molecule has 3 N–H and O–H groups in total. The van der Waals surface area contributed by atoms with Gasteiger partial charge in [-0.2, -0.15) is 13.2 Å². The van der Waals surface area contributed by atoms with E-state index in [4.69, 9.17) is 9.90 Å². The van der Waals surface area contributed by atoms with Gasteiger partial charge in [-0.15, -0.1) is 0 Å². The van der Waals surface area contributed by atoms with Crippen molar-refractivity contribution in [3.8, 4) is 0 Å². The molecule has 1 heterocycles. The summed E-state index contributed by atoms with van der Waals surface area (Å²) >= 11 is 0. The minimum Gasteiger partial charge on any atom is -0.475 e. The van der Waals surface area contributed by atoms with Gasteiger partial charge in [0, 0.05) is 31.4 Å². The molecule has 0 saturated carbocycles. The zero-order chi connectivity index (χ0) is 20.3. The number of carbonyl (C=O) groups is 3. The Bertz CT molecular complexity index is 663. The second-order valence-corrected chi connectivity index (χ2v) is 5.57. The molecule has 2 amide bonds. The first-order chi connectivity index (χ1) is 12.7. The number of nitrogens with one attached hydrogen (secondary N) is 2. The van der Waals surface area contributed by atoms with Crippen LogP contribution in [0.3, 0.4) is 0 Å². The smallest absolute Gasteiger partial charge is 0.475 e. The summed E-state index contributed by atoms with van der Waals surface area (Å²) in [4.78, 5) is 36.3. The Morgan fingerprint density at radius 2 is 1.85 bits per heavy atom. The van der Waals surface area contributed by atoms with Crippen LogP contribution in [0.25, 0.3) is 0 Å². The fourth-order valence-corrected chi connectivity index (χ4v) is 2.14. The molecular weight excluding hydrogens is 367 g/mol. The molecule has 27 heavy (non-hydrogen) atoms. The van der Waals surface area contributed by atoms with Gasteiger partial charge in [-0.3, -0.25) is 14.6 Å². The molecule has 0 saturated heterocycles. The van der Waals surface area contributed by atoms with E-state index < -0.39 is 12.1 Å². The second-order valence-electron chi connectivity index (χ2n) is 5.57. The van der Waals surface area contributed by atoms with E-state index in [1.165, 1.54) is 6.20 Å². The molecule has 1 unspecified atom stereocenters. The average molecular weight is 387 g/mol. The Morgan fingerprint density at radius 3 is 2.37 bits per heavy atom. The molecule has 1 aliphatic carbocycles. The minimum atomic E-state index is -5.08. The largest absolute Gasteiger partial charge is 0.490 e. The molecule has 1 aromatic rings. The SMILES string of the molecule is O=C(NCCNC(=O)C1CC=CCC1)c1cccnc1.O=C(O)C(F)(F)F. The van der Waals surface area contributed by atoms with Crippen LogP contribution < -0.4 is 10.6 Å². The predicted octanol–water partition coefficient (Wildman–Crippen LogP) is 1.92. The van der Waals surface area contributed by atoms with Gasteiger partial charge in [0.2, 0.25) is 5.91 Å². The van der Waals surface area contributed by atoms with Crippen molar-refractivity contribution in [1.29, 1.82) is 0 Å². The van der Waals surface area contributed by atoms with E-state index in [0.29, 0.717) is 18.7 Å². The number of hydrogen-bond acceptors (Lipinski definition) is 4. The van der Waals surface area contributed by atoms with Gasteiger partial charge in [-0.1, -0.05) is 12.2 Å². The Morgan fingerprint density at radius 1 is 1.19 bits per heavy atom. The van der Waals surface area contributed by atoms with Gasteiger partial charge in [-0.25, -0.2) is 4.79 Å². The van der Waals surface area contributed by atoms with Crippen LogP contribution in [0.2, 0.25) is 0 Å². The third-order valence-corrected chi connectivity index (χ3v) is 3.52. The topological polar surface area (TPSA) is 108 Å². The molecule has 0 bridgehead atoms. The molecule has 7 nitrogen and oxygen atoms in total. The number of alkyl halides is 3. The molecule has 0 spiro atoms. The fourth-order valence-electron chi connectivity index (χ4n) is 2.14. The molecule has 1 atom stereocenters. The predicted molar refractivity (Wildman–Crippen MR) is 89.8 cm³/mol. The van der Waals surface area contributed by atoms with E-state index in [2.05, 4.69) is 27.8 Å². The van der Waals surface area contributed by atoms with Crippen LogP contribution in [0.5, 0.6) is 0 Å². The van der Waals surface area contributed by atoms with E-state index in [-0.39, 0.29) is 17.7 Å². The van der Waals surface area contributed by atoms with Crippen molar-refractivity contribution in [3.05, 3.63) is 42.2 Å². The summed E-state index contributed by atoms with van der Waals surface area (Å²) < 4.78 is 31.7. The normalized spacial score (nSPS) is 15.9. The number of hydrogen-bond donors (Lipinski definition) is 3. The highest BCUT2D eigenvalue weighted by molar-refractivity contribution is 5.93. The van der Waals surface area contributed by atoms with Crippen LogP contribution in [0, 0.1) is 5.92 Å². The second kappa shape index (κ2) is 10.9. The Labute approximate surface area is 153 Å². The van der Waals surface area contributed by atoms with Crippen molar-refractivity contribution < 1.29 is 32.7 Å². The van der Waals surface area contributed by atoms with E-state index in [9.17, 15) is 22.8 Å². The van der Waals surface area contributed by atoms with Crippen molar-refractivity contribution in [2.75, 3.05) is 13.1 Å². The lowest BCUT2D eigenvalue weighted by molar-refractivity contribution is -0.192. The number of aromatic nitrogens is 1. The molecule has 0 aliphatic heterocycles. The van der Waals surface area contributed by atoms with Gasteiger partial charge in [0.1, 0.15) is 0 Å². The Hall–Kier alpha value is -2.91. The summed E-state index contributed by atoms with van der Waals surface area (Å²) in [7, 11) is 0. The number of carboxylic acid groups (broad SMARTS) is 1. The number of nitrogens with zero attached hydrogens (tertiary/aromatic N) is 1. The van der Waals surface area contributed by atoms with Crippen LogP contribution >= 0.6 is 0 Å². The van der Waals surface area contributed by atoms with Crippen molar-refractivity contribution in [1.82, 2.24) is 15.6 Å². The Kier molecular flexibility index (Phi) is 8.97. The van der Waals surface area contributed by atoms with Gasteiger partial charge >= 0.3 is 12.1 Å². The first-order valence-corrected chi connectivity index (χ1v) is 8.13. The molecule has 10 heteroatoms. The molecule has 1 aliphatic rings. The lowest BCUT2D eigenvalue weighted by atomic mass is 9.94. The third kappa shape index (κ3) is 8.84. The van der Waals surface area contributed by atoms with Crippen LogP contribution in [0.15, 0.2) is 36.7 Å². The summed E-state index contributed by atoms with van der Waals surface area (Å²) in [6.45, 7) is 0.868. The summed E-state index contributed by atoms with van der Waals surface area (Å²) in [6.07, 6.45) is 4.90. The maximum absolute atomic E-state index is 11.8. The standard InChI is InChI=1S/C15H19N3O2.C2HF3O2/c19-14(12-5-2-1-3-6-12)17-9-10-18-15(20)13-7-4-8-16-11-13;3-2(4,5)1(6)7/h1-2,4,7-8,11-12H,3,5-6,9-10H2,(H,17,19)(H,18,20);(H,6,7). The number of amides is 2. The monoisotopic (exact) mass is 387 g/mol. The average Bonchev–Trinajstić information content (AvgIpc) is 2.66. The van der Waals surface area contributed by atoms with E-state index in [1.54, 1.807) is 18.3 Å². The van der Waals surface area contributed by atoms with Gasteiger partial charge in [0.15, 0.2) is 0 Å². The zero-order valence-electron chi connectivity index (χ0n) is 14.3. The highest BCUT2D eigenvalue weighted by atomic mass is 19.4. The van der Waals surface area contributed by atoms with Crippen molar-refractivity contribution in [2.45, 2.75) is 25.4 Å². The van der Waals surface area contributed by atoms with Crippen LogP contribution in [0.1, 0.15) is 29.6 Å². The number of halogens is 3. The van der Waals surface area contributed by atoms with E-state index in [1.807, 2.05) is 0 Å². The molecule has 0 radical (unpaired) electrons. The number of aliphatic carboxylic acids is 1. The van der Waals surface area contributed by atoms with Gasteiger partial charge in [0.25, 0.3) is 5.91 Å². The van der Waals surface area contributed by atoms with Gasteiger partial charge in [-0.05, 0) is 31.4 Å². The quantitative estimate of drug-likeness (QED) is 0.528. The first-order valence-electron chi connectivity index (χ1n) is 8.13. The minimum absolute atomic E-state index is 0.0741. The van der Waals surface area contributed by atoms with E-state index in [0.717, 1.165) is 19.3 Å². The lowest BCUT2D eigenvalue weighted by Crippen LogP contribution is -2.37. The summed E-state index contributed by atoms with van der Waals surface area (Å²) in [5, 5.41) is 12.7. The number of carboxylic acids is 1. The maximum Gasteiger partial charge on any atom is 0.490 e. The maximum atomic E-state index is 11.8. The van der Waals surface area contributed by atoms with Crippen molar-refractivity contribution in [3.63, 3.8) is 0 Å². The first kappa shape index (κ1) is 22.1. The molecule has 148 valence electrons. The molecule has 0 fully saturated rings. The van der Waals surface area contributed by atoms with E-state index >= 15 is 0 Å². The van der Waals surface area contributed by atoms with Crippen LogP contribution in [0.4, 0.5) is 13.2 Å². The van der Waals surface area contributed by atoms with Crippen molar-refractivity contribution >= 4 is 17.8 Å². The van der Waals surface area contributed by atoms with Crippen LogP contribution in [-0.2, 0) is 9.59 Å². The summed E-state index contributed by atoms with van der Waals surface area (Å²) in [5.74, 6) is -2.78. The summed E-state index contributed by atoms with van der Waals surface area (Å²) in [5.41, 5.74) is 0.524.